The number of benzene rings is 1. The smallest absolute Gasteiger partial charge is 0.322 e. The Balaban J connectivity index is 3.24. The zero-order valence-electron chi connectivity index (χ0n) is 10.5. The van der Waals surface area contributed by atoms with Gasteiger partial charge in [-0.2, -0.15) is 4.72 Å². The third-order valence-corrected chi connectivity index (χ3v) is 4.54. The van der Waals surface area contributed by atoms with Gasteiger partial charge in [-0.3, -0.25) is 4.79 Å². The average Bonchev–Trinajstić information content (AvgIpc) is 2.30. The van der Waals surface area contributed by atoms with Crippen LogP contribution in [-0.4, -0.2) is 25.5 Å². The zero-order chi connectivity index (χ0) is 15.7. The van der Waals surface area contributed by atoms with Gasteiger partial charge in [0.2, 0.25) is 10.0 Å². The Morgan fingerprint density at radius 3 is 2.30 bits per heavy atom. The van der Waals surface area contributed by atoms with E-state index in [0.29, 0.717) is 6.07 Å². The van der Waals surface area contributed by atoms with Gasteiger partial charge >= 0.3 is 5.97 Å². The number of sulfonamides is 1. The number of carbonyl (C=O) groups is 1. The molecule has 0 aliphatic rings. The van der Waals surface area contributed by atoms with E-state index in [1.807, 2.05) is 4.72 Å². The second kappa shape index (κ2) is 6.15. The lowest BCUT2D eigenvalue weighted by Gasteiger charge is -2.18. The van der Waals surface area contributed by atoms with E-state index >= 15 is 0 Å². The van der Waals surface area contributed by atoms with Gasteiger partial charge in [0.25, 0.3) is 0 Å². The number of aliphatic carboxylic acids is 1. The highest BCUT2D eigenvalue weighted by atomic mass is 79.9. The second-order valence-electron chi connectivity index (χ2n) is 4.38. The highest BCUT2D eigenvalue weighted by Crippen LogP contribution is 2.24. The summed E-state index contributed by atoms with van der Waals surface area (Å²) >= 11 is 2.75. The molecule has 0 saturated carbocycles. The molecule has 0 heterocycles. The first-order valence-electron chi connectivity index (χ1n) is 5.46. The third kappa shape index (κ3) is 3.74. The fourth-order valence-corrected chi connectivity index (χ4v) is 3.33. The van der Waals surface area contributed by atoms with Crippen LogP contribution in [0.4, 0.5) is 8.78 Å². The van der Waals surface area contributed by atoms with E-state index in [0.717, 1.165) is 6.07 Å². The summed E-state index contributed by atoms with van der Waals surface area (Å²) in [4.78, 5) is 10.1. The van der Waals surface area contributed by atoms with Crippen LogP contribution in [0, 0.1) is 17.6 Å². The Hall–Kier alpha value is -1.06. The van der Waals surface area contributed by atoms with E-state index < -0.39 is 44.5 Å². The predicted molar refractivity (Wildman–Crippen MR) is 70.6 cm³/mol. The van der Waals surface area contributed by atoms with E-state index in [1.54, 1.807) is 0 Å². The number of rotatable bonds is 5. The van der Waals surface area contributed by atoms with Crippen LogP contribution in [0.1, 0.15) is 13.8 Å². The molecule has 5 nitrogen and oxygen atoms in total. The molecular formula is C11H12BrF2NO4S. The Labute approximate surface area is 123 Å². The molecule has 1 aromatic rings. The Bertz CT molecular complexity index is 634. The molecule has 112 valence electrons. The fraction of sp³-hybridized carbons (Fsp3) is 0.364. The molecule has 0 spiro atoms. The maximum absolute atomic E-state index is 13.6. The van der Waals surface area contributed by atoms with Gasteiger partial charge in [0.1, 0.15) is 22.6 Å². The van der Waals surface area contributed by atoms with Crippen LogP contribution in [0.3, 0.4) is 0 Å². The molecule has 1 atom stereocenters. The Kier molecular flexibility index (Phi) is 5.22. The summed E-state index contributed by atoms with van der Waals surface area (Å²) in [6.45, 7) is 3.00. The molecule has 0 radical (unpaired) electrons. The summed E-state index contributed by atoms with van der Waals surface area (Å²) in [7, 11) is -4.42. The molecule has 20 heavy (non-hydrogen) atoms. The van der Waals surface area contributed by atoms with E-state index in [9.17, 15) is 22.0 Å². The molecule has 0 aliphatic heterocycles. The number of carboxylic acids is 1. The summed E-state index contributed by atoms with van der Waals surface area (Å²) in [5.74, 6) is -4.19. The molecule has 0 bridgehead atoms. The first kappa shape index (κ1) is 17.0. The number of carboxylic acid groups (broad SMARTS) is 1. The first-order valence-corrected chi connectivity index (χ1v) is 7.73. The van der Waals surface area contributed by atoms with Gasteiger partial charge in [-0.15, -0.1) is 0 Å². The van der Waals surface area contributed by atoms with Crippen molar-refractivity contribution in [2.24, 2.45) is 5.92 Å². The minimum Gasteiger partial charge on any atom is -0.480 e. The summed E-state index contributed by atoms with van der Waals surface area (Å²) < 4.78 is 52.2. The van der Waals surface area contributed by atoms with E-state index in [2.05, 4.69) is 15.9 Å². The van der Waals surface area contributed by atoms with Crippen molar-refractivity contribution in [2.45, 2.75) is 24.8 Å². The maximum atomic E-state index is 13.6. The summed E-state index contributed by atoms with van der Waals surface area (Å²) in [6.07, 6.45) is 0. The summed E-state index contributed by atoms with van der Waals surface area (Å²) in [6, 6.07) is -0.265. The van der Waals surface area contributed by atoms with Gasteiger partial charge in [0.15, 0.2) is 0 Å². The van der Waals surface area contributed by atoms with Crippen LogP contribution in [0.15, 0.2) is 21.5 Å². The summed E-state index contributed by atoms with van der Waals surface area (Å²) in [5, 5.41) is 8.93. The van der Waals surface area contributed by atoms with Crippen molar-refractivity contribution >= 4 is 31.9 Å². The third-order valence-electron chi connectivity index (χ3n) is 2.48. The maximum Gasteiger partial charge on any atom is 0.322 e. The number of halogens is 3. The second-order valence-corrected chi connectivity index (χ2v) is 6.91. The molecule has 1 aromatic carbocycles. The van der Waals surface area contributed by atoms with Crippen molar-refractivity contribution in [3.05, 3.63) is 28.2 Å². The van der Waals surface area contributed by atoms with Gasteiger partial charge in [-0.25, -0.2) is 17.2 Å². The topological polar surface area (TPSA) is 83.5 Å². The minimum atomic E-state index is -4.42. The summed E-state index contributed by atoms with van der Waals surface area (Å²) in [5.41, 5.74) is 0. The van der Waals surface area contributed by atoms with Crippen molar-refractivity contribution in [3.63, 3.8) is 0 Å². The van der Waals surface area contributed by atoms with Gasteiger partial charge in [-0.1, -0.05) is 13.8 Å². The van der Waals surface area contributed by atoms with Crippen LogP contribution in [0.2, 0.25) is 0 Å². The highest BCUT2D eigenvalue weighted by Gasteiger charge is 2.30. The molecule has 0 saturated heterocycles. The molecule has 0 aliphatic carbocycles. The number of hydrogen-bond donors (Lipinski definition) is 2. The minimum absolute atomic E-state index is 0.240. The van der Waals surface area contributed by atoms with Crippen LogP contribution in [-0.2, 0) is 14.8 Å². The molecular weight excluding hydrogens is 360 g/mol. The lowest BCUT2D eigenvalue weighted by molar-refractivity contribution is -0.140. The average molecular weight is 372 g/mol. The largest absolute Gasteiger partial charge is 0.480 e. The van der Waals surface area contributed by atoms with Crippen LogP contribution < -0.4 is 4.72 Å². The molecule has 9 heteroatoms. The van der Waals surface area contributed by atoms with Crippen molar-refractivity contribution < 1.29 is 27.1 Å². The molecule has 0 aromatic heterocycles. The fourth-order valence-electron chi connectivity index (χ4n) is 1.41. The van der Waals surface area contributed by atoms with Crippen molar-refractivity contribution in [2.75, 3.05) is 0 Å². The number of hydrogen-bond acceptors (Lipinski definition) is 3. The van der Waals surface area contributed by atoms with Crippen LogP contribution >= 0.6 is 15.9 Å². The highest BCUT2D eigenvalue weighted by molar-refractivity contribution is 9.10. The van der Waals surface area contributed by atoms with Gasteiger partial charge in [0.05, 0.1) is 4.47 Å². The van der Waals surface area contributed by atoms with E-state index in [1.165, 1.54) is 13.8 Å². The molecule has 1 rings (SSSR count). The lowest BCUT2D eigenvalue weighted by atomic mass is 10.1. The Morgan fingerprint density at radius 2 is 1.85 bits per heavy atom. The first-order chi connectivity index (χ1) is 9.06. The molecule has 1 unspecified atom stereocenters. The van der Waals surface area contributed by atoms with Gasteiger partial charge in [0, 0.05) is 6.07 Å². The predicted octanol–water partition coefficient (Wildman–Crippen LogP) is 2.11. The van der Waals surface area contributed by atoms with Crippen LogP contribution in [0.25, 0.3) is 0 Å². The lowest BCUT2D eigenvalue weighted by Crippen LogP contribution is -2.44. The number of nitrogens with one attached hydrogen (secondary N) is 1. The molecule has 2 N–H and O–H groups in total. The zero-order valence-corrected chi connectivity index (χ0v) is 12.9. The molecule has 0 fully saturated rings. The van der Waals surface area contributed by atoms with Crippen molar-refractivity contribution in [1.29, 1.82) is 0 Å². The monoisotopic (exact) mass is 371 g/mol. The SMILES string of the molecule is CC(C)C(NS(=O)(=O)c1cc(Br)c(F)cc1F)C(=O)O. The normalized spacial score (nSPS) is 13.5. The molecule has 0 amide bonds. The van der Waals surface area contributed by atoms with Gasteiger partial charge < -0.3 is 5.11 Å². The van der Waals surface area contributed by atoms with Crippen LogP contribution in [0.5, 0.6) is 0 Å². The quantitative estimate of drug-likeness (QED) is 0.776. The van der Waals surface area contributed by atoms with Crippen molar-refractivity contribution in [1.82, 2.24) is 4.72 Å². The van der Waals surface area contributed by atoms with Gasteiger partial charge in [-0.05, 0) is 27.9 Å². The Morgan fingerprint density at radius 1 is 1.30 bits per heavy atom. The van der Waals surface area contributed by atoms with E-state index in [-0.39, 0.29) is 4.47 Å². The van der Waals surface area contributed by atoms with E-state index in [4.69, 9.17) is 5.11 Å². The van der Waals surface area contributed by atoms with Crippen molar-refractivity contribution in [3.8, 4) is 0 Å². The standard InChI is InChI=1S/C11H12BrF2NO4S/c1-5(2)10(11(16)17)15-20(18,19)9-3-6(12)7(13)4-8(9)14/h3-5,10,15H,1-2H3,(H,16,17).